The molecule has 0 radical (unpaired) electrons. The quantitative estimate of drug-likeness (QED) is 0.161. The number of rotatable bonds is 7. The van der Waals surface area contributed by atoms with Crippen molar-refractivity contribution >= 4 is 21.9 Å². The van der Waals surface area contributed by atoms with Crippen LogP contribution in [-0.4, -0.2) is 9.97 Å². The van der Waals surface area contributed by atoms with Crippen LogP contribution in [0.15, 0.2) is 235 Å². The molecule has 2 heterocycles. The lowest BCUT2D eigenvalue weighted by molar-refractivity contribution is 0.669. The summed E-state index contributed by atoms with van der Waals surface area (Å²) in [5, 5.41) is 2.23. The van der Waals surface area contributed by atoms with Gasteiger partial charge >= 0.3 is 0 Å². The largest absolute Gasteiger partial charge is 0.456 e. The number of fused-ring (bicyclic) bond motifs is 6. The number of aromatic nitrogens is 2. The Morgan fingerprint density at radius 3 is 1.61 bits per heavy atom. The Morgan fingerprint density at radius 1 is 0.306 bits per heavy atom. The van der Waals surface area contributed by atoms with Crippen molar-refractivity contribution in [1.82, 2.24) is 9.97 Å². The van der Waals surface area contributed by atoms with E-state index in [0.717, 1.165) is 66.7 Å². The van der Waals surface area contributed by atoms with Crippen molar-refractivity contribution in [3.63, 3.8) is 0 Å². The maximum atomic E-state index is 6.13. The number of hydrogen-bond acceptors (Lipinski definition) is 3. The number of furan rings is 1. The zero-order valence-electron chi connectivity index (χ0n) is 33.7. The second-order valence-corrected chi connectivity index (χ2v) is 16.1. The Labute approximate surface area is 360 Å². The van der Waals surface area contributed by atoms with Crippen LogP contribution in [0.4, 0.5) is 0 Å². The van der Waals surface area contributed by atoms with Gasteiger partial charge in [0.25, 0.3) is 0 Å². The van der Waals surface area contributed by atoms with Crippen molar-refractivity contribution < 1.29 is 4.42 Å². The second kappa shape index (κ2) is 14.5. The van der Waals surface area contributed by atoms with Crippen LogP contribution in [0.5, 0.6) is 0 Å². The third-order valence-electron chi connectivity index (χ3n) is 12.6. The first-order valence-electron chi connectivity index (χ1n) is 21.1. The van der Waals surface area contributed by atoms with Crippen LogP contribution in [0, 0.1) is 0 Å². The lowest BCUT2D eigenvalue weighted by Gasteiger charge is -2.34. The summed E-state index contributed by atoms with van der Waals surface area (Å²) in [7, 11) is 0. The van der Waals surface area contributed by atoms with Gasteiger partial charge in [-0.1, -0.05) is 194 Å². The molecule has 0 atom stereocenters. The molecule has 1 aliphatic carbocycles. The van der Waals surface area contributed by atoms with Gasteiger partial charge in [-0.2, -0.15) is 0 Å². The normalized spacial score (nSPS) is 12.6. The van der Waals surface area contributed by atoms with Gasteiger partial charge in [-0.3, -0.25) is 0 Å². The Bertz CT molecular complexity index is 3400. The molecule has 2 aromatic heterocycles. The van der Waals surface area contributed by atoms with Crippen LogP contribution in [0.3, 0.4) is 0 Å². The third-order valence-corrected chi connectivity index (χ3v) is 12.6. The predicted molar refractivity (Wildman–Crippen MR) is 254 cm³/mol. The molecule has 3 nitrogen and oxygen atoms in total. The Balaban J connectivity index is 0.945. The maximum Gasteiger partial charge on any atom is 0.160 e. The summed E-state index contributed by atoms with van der Waals surface area (Å²) in [6.07, 6.45) is 0. The van der Waals surface area contributed by atoms with Gasteiger partial charge in [-0.05, 0) is 92.0 Å². The van der Waals surface area contributed by atoms with Gasteiger partial charge in [0.1, 0.15) is 11.2 Å². The van der Waals surface area contributed by atoms with Gasteiger partial charge in [-0.15, -0.1) is 0 Å². The average molecular weight is 791 g/mol. The molecule has 0 spiro atoms. The van der Waals surface area contributed by atoms with E-state index in [1.165, 1.54) is 38.9 Å². The van der Waals surface area contributed by atoms with E-state index in [1.54, 1.807) is 0 Å². The molecular weight excluding hydrogens is 753 g/mol. The molecule has 9 aromatic carbocycles. The van der Waals surface area contributed by atoms with E-state index < -0.39 is 5.41 Å². The fourth-order valence-corrected chi connectivity index (χ4v) is 9.68. The van der Waals surface area contributed by atoms with Crippen LogP contribution in [0.1, 0.15) is 22.3 Å². The molecule has 0 bridgehead atoms. The minimum atomic E-state index is -0.451. The van der Waals surface area contributed by atoms with Crippen LogP contribution in [0.25, 0.3) is 89.2 Å². The number of nitrogens with zero attached hydrogens (tertiary/aromatic N) is 2. The van der Waals surface area contributed by atoms with Gasteiger partial charge in [0.2, 0.25) is 0 Å². The lowest BCUT2D eigenvalue weighted by Crippen LogP contribution is -2.28. The average Bonchev–Trinajstić information content (AvgIpc) is 3.88. The van der Waals surface area contributed by atoms with Crippen molar-refractivity contribution in [2.24, 2.45) is 0 Å². The van der Waals surface area contributed by atoms with Crippen molar-refractivity contribution in [1.29, 1.82) is 0 Å². The highest BCUT2D eigenvalue weighted by Crippen LogP contribution is 2.56. The molecule has 62 heavy (non-hydrogen) atoms. The highest BCUT2D eigenvalue weighted by atomic mass is 16.3. The van der Waals surface area contributed by atoms with E-state index in [0.29, 0.717) is 5.82 Å². The lowest BCUT2D eigenvalue weighted by atomic mass is 9.67. The zero-order chi connectivity index (χ0) is 41.0. The van der Waals surface area contributed by atoms with E-state index in [1.807, 2.05) is 30.3 Å². The first kappa shape index (κ1) is 35.8. The number of para-hydroxylation sites is 1. The van der Waals surface area contributed by atoms with E-state index in [-0.39, 0.29) is 0 Å². The molecule has 11 aromatic rings. The molecule has 0 aliphatic heterocycles. The summed E-state index contributed by atoms with van der Waals surface area (Å²) >= 11 is 0. The summed E-state index contributed by atoms with van der Waals surface area (Å²) in [4.78, 5) is 10.3. The topological polar surface area (TPSA) is 38.9 Å². The van der Waals surface area contributed by atoms with Gasteiger partial charge < -0.3 is 4.42 Å². The summed E-state index contributed by atoms with van der Waals surface area (Å²) in [5.74, 6) is 0.690. The first-order chi connectivity index (χ1) is 30.7. The number of hydrogen-bond donors (Lipinski definition) is 0. The second-order valence-electron chi connectivity index (χ2n) is 16.1. The fraction of sp³-hybridized carbons (Fsp3) is 0.0169. The molecule has 0 N–H and O–H groups in total. The maximum absolute atomic E-state index is 6.13. The standard InChI is InChI=1S/C59H38N2O/c1-4-15-41(16-5-1)58-60-54(38-55(61-58)45-18-14-17-42(35-45)43-32-34-57-51(36-43)50-24-11-13-26-56(50)62-57)40-29-27-39(28-30-40)44-31-33-49-48-23-10-12-25-52(48)59(53(49)37-44,46-19-6-2-7-20-46)47-21-8-3-9-22-47/h1-38H. The molecule has 0 unspecified atom stereocenters. The van der Waals surface area contributed by atoms with Gasteiger partial charge in [0.05, 0.1) is 16.8 Å². The SMILES string of the molecule is c1ccc(-c2nc(-c3ccc(-c4ccc5c(c4)C(c4ccccc4)(c4ccccc4)c4ccccc4-5)cc3)cc(-c3cccc(-c4ccc5oc6ccccc6c5c4)c3)n2)cc1. The van der Waals surface area contributed by atoms with Crippen molar-refractivity contribution in [3.05, 3.63) is 253 Å². The summed E-state index contributed by atoms with van der Waals surface area (Å²) < 4.78 is 6.13. The predicted octanol–water partition coefficient (Wildman–Crippen LogP) is 15.1. The Morgan fingerprint density at radius 2 is 0.839 bits per heavy atom. The van der Waals surface area contributed by atoms with Gasteiger partial charge in [0.15, 0.2) is 5.82 Å². The van der Waals surface area contributed by atoms with Crippen molar-refractivity contribution in [2.45, 2.75) is 5.41 Å². The molecule has 12 rings (SSSR count). The summed E-state index contributed by atoms with van der Waals surface area (Å²) in [6, 6.07) is 82.3. The molecule has 0 saturated carbocycles. The van der Waals surface area contributed by atoms with Crippen LogP contribution in [-0.2, 0) is 5.41 Å². The van der Waals surface area contributed by atoms with Gasteiger partial charge in [0, 0.05) is 27.5 Å². The molecule has 0 amide bonds. The van der Waals surface area contributed by atoms with Gasteiger partial charge in [-0.25, -0.2) is 9.97 Å². The smallest absolute Gasteiger partial charge is 0.160 e. The summed E-state index contributed by atoms with van der Waals surface area (Å²) in [5.41, 5.74) is 18.3. The van der Waals surface area contributed by atoms with Crippen LogP contribution < -0.4 is 0 Å². The molecular formula is C59H38N2O. The summed E-state index contributed by atoms with van der Waals surface area (Å²) in [6.45, 7) is 0. The molecule has 1 aliphatic rings. The van der Waals surface area contributed by atoms with E-state index >= 15 is 0 Å². The molecule has 290 valence electrons. The number of benzene rings is 9. The highest BCUT2D eigenvalue weighted by Gasteiger charge is 2.46. The monoisotopic (exact) mass is 790 g/mol. The van der Waals surface area contributed by atoms with Crippen molar-refractivity contribution in [3.8, 4) is 67.3 Å². The van der Waals surface area contributed by atoms with E-state index in [4.69, 9.17) is 14.4 Å². The molecule has 0 fully saturated rings. The minimum Gasteiger partial charge on any atom is -0.456 e. The molecule has 0 saturated heterocycles. The Kier molecular flexibility index (Phi) is 8.39. The van der Waals surface area contributed by atoms with E-state index in [9.17, 15) is 0 Å². The fourth-order valence-electron chi connectivity index (χ4n) is 9.68. The van der Waals surface area contributed by atoms with E-state index in [2.05, 4.69) is 200 Å². The Hall–Kier alpha value is -8.14. The van der Waals surface area contributed by atoms with Crippen LogP contribution in [0.2, 0.25) is 0 Å². The minimum absolute atomic E-state index is 0.451. The first-order valence-corrected chi connectivity index (χ1v) is 21.1. The third kappa shape index (κ3) is 5.82. The van der Waals surface area contributed by atoms with Crippen LogP contribution >= 0.6 is 0 Å². The highest BCUT2D eigenvalue weighted by molar-refractivity contribution is 6.06. The zero-order valence-corrected chi connectivity index (χ0v) is 33.7. The molecule has 3 heteroatoms. The van der Waals surface area contributed by atoms with Crippen molar-refractivity contribution in [2.75, 3.05) is 0 Å².